The minimum atomic E-state index is -3.04. The van der Waals surface area contributed by atoms with E-state index in [-0.39, 0.29) is 35.0 Å². The van der Waals surface area contributed by atoms with Crippen LogP contribution in [0.15, 0.2) is 105 Å². The van der Waals surface area contributed by atoms with Gasteiger partial charge in [-0.2, -0.15) is 0 Å². The molecule has 0 fully saturated rings. The number of hydrogen-bond acceptors (Lipinski definition) is 11. The Hall–Kier alpha value is -4.43. The second-order valence-corrected chi connectivity index (χ2v) is 19.9. The molecule has 0 unspecified atom stereocenters. The lowest BCUT2D eigenvalue weighted by Gasteiger charge is -2.45. The van der Waals surface area contributed by atoms with Crippen LogP contribution in [0.5, 0.6) is 0 Å². The summed E-state index contributed by atoms with van der Waals surface area (Å²) in [5.41, 5.74) is 0.548. The first kappa shape index (κ1) is 40.7. The second kappa shape index (κ2) is 17.4. The van der Waals surface area contributed by atoms with E-state index in [1.54, 1.807) is 13.0 Å². The van der Waals surface area contributed by atoms with Gasteiger partial charge in [-0.25, -0.2) is 15.0 Å². The Balaban J connectivity index is 1.37. The van der Waals surface area contributed by atoms with Gasteiger partial charge in [0.25, 0.3) is 8.32 Å². The molecule has 13 heteroatoms. The van der Waals surface area contributed by atoms with Crippen molar-refractivity contribution in [2.75, 3.05) is 7.11 Å². The number of ketones is 1. The van der Waals surface area contributed by atoms with Gasteiger partial charge in [0.1, 0.15) is 36.2 Å². The molecule has 0 bridgehead atoms. The number of alkyl halides is 1. The zero-order valence-corrected chi connectivity index (χ0v) is 34.6. The monoisotopic (exact) mass is 817 g/mol. The summed E-state index contributed by atoms with van der Waals surface area (Å²) in [6, 6.07) is 20.5. The van der Waals surface area contributed by atoms with Gasteiger partial charge in [-0.3, -0.25) is 9.59 Å². The molecule has 3 heterocycles. The van der Waals surface area contributed by atoms with Crippen LogP contribution in [0.1, 0.15) is 79.0 Å². The summed E-state index contributed by atoms with van der Waals surface area (Å²) >= 11 is 3.31. The molecule has 5 aromatic rings. The van der Waals surface area contributed by atoms with Crippen LogP contribution in [0.25, 0.3) is 23.2 Å². The summed E-state index contributed by atoms with van der Waals surface area (Å²) in [5.74, 6) is -0.247. The fourth-order valence-electron chi connectivity index (χ4n) is 6.40. The molecule has 0 aliphatic heterocycles. The number of halogens is 1. The zero-order valence-electron chi connectivity index (χ0n) is 32.0. The van der Waals surface area contributed by atoms with Gasteiger partial charge in [0.05, 0.1) is 23.8 Å². The molecular weight excluding hydrogens is 770 g/mol. The van der Waals surface area contributed by atoms with Crippen molar-refractivity contribution in [2.24, 2.45) is 5.92 Å². The third-order valence-electron chi connectivity index (χ3n) is 8.83. The Morgan fingerprint density at radius 2 is 1.41 bits per heavy atom. The van der Waals surface area contributed by atoms with Crippen LogP contribution in [-0.4, -0.2) is 53.8 Å². The van der Waals surface area contributed by atoms with Crippen molar-refractivity contribution in [1.82, 2.24) is 15.0 Å². The lowest BCUT2D eigenvalue weighted by atomic mass is 9.96. The van der Waals surface area contributed by atoms with E-state index >= 15 is 0 Å². The number of ether oxygens (including phenoxy) is 2. The van der Waals surface area contributed by atoms with Gasteiger partial charge in [0.15, 0.2) is 17.2 Å². The third-order valence-corrected chi connectivity index (χ3v) is 14.4. The topological polar surface area (TPSA) is 140 Å². The lowest BCUT2D eigenvalue weighted by Crippen LogP contribution is -2.67. The van der Waals surface area contributed by atoms with Gasteiger partial charge >= 0.3 is 5.97 Å². The van der Waals surface area contributed by atoms with Crippen LogP contribution < -0.4 is 10.4 Å². The van der Waals surface area contributed by atoms with Gasteiger partial charge in [0.2, 0.25) is 17.7 Å². The summed E-state index contributed by atoms with van der Waals surface area (Å²) < 4.78 is 35.5. The van der Waals surface area contributed by atoms with Crippen molar-refractivity contribution < 1.29 is 36.7 Å². The minimum Gasteiger partial charge on any atom is -0.460 e. The van der Waals surface area contributed by atoms with Gasteiger partial charge < -0.3 is 27.2 Å². The number of oxazole rings is 3. The van der Waals surface area contributed by atoms with Crippen LogP contribution in [0, 0.1) is 5.92 Å². The van der Waals surface area contributed by atoms with Crippen molar-refractivity contribution >= 4 is 46.4 Å². The third kappa shape index (κ3) is 9.62. The molecule has 3 atom stereocenters. The predicted molar refractivity (Wildman–Crippen MR) is 211 cm³/mol. The molecular formula is C41H48BrN3O8Si. The first-order chi connectivity index (χ1) is 25.6. The molecule has 0 aliphatic carbocycles. The Bertz CT molecular complexity index is 1970. The van der Waals surface area contributed by atoms with E-state index in [9.17, 15) is 9.59 Å². The Labute approximate surface area is 325 Å². The molecule has 2 aromatic carbocycles. The summed E-state index contributed by atoms with van der Waals surface area (Å²) in [4.78, 5) is 40.3. The predicted octanol–water partition coefficient (Wildman–Crippen LogP) is 8.40. The molecule has 0 saturated heterocycles. The first-order valence-electron chi connectivity index (χ1n) is 17.8. The van der Waals surface area contributed by atoms with Crippen molar-refractivity contribution in [2.45, 2.75) is 89.5 Å². The first-order valence-corrected chi connectivity index (χ1v) is 20.8. The second-order valence-electron chi connectivity index (χ2n) is 15.1. The van der Waals surface area contributed by atoms with E-state index in [4.69, 9.17) is 27.2 Å². The number of methoxy groups -OCH3 is 1. The Kier molecular flexibility index (Phi) is 13.1. The van der Waals surface area contributed by atoms with Crippen molar-refractivity contribution in [3.05, 3.63) is 103 Å². The fourth-order valence-corrected chi connectivity index (χ4v) is 11.3. The average Bonchev–Trinajstić information content (AvgIpc) is 3.92. The highest BCUT2D eigenvalue weighted by Gasteiger charge is 2.51. The maximum atomic E-state index is 13.7. The van der Waals surface area contributed by atoms with Gasteiger partial charge in [-0.15, -0.1) is 0 Å². The van der Waals surface area contributed by atoms with E-state index in [2.05, 4.69) is 75.9 Å². The van der Waals surface area contributed by atoms with Gasteiger partial charge in [-0.1, -0.05) is 110 Å². The van der Waals surface area contributed by atoms with Crippen molar-refractivity contribution in [3.8, 4) is 23.2 Å². The summed E-state index contributed by atoms with van der Waals surface area (Å²) in [6.07, 6.45) is 6.61. The average molecular weight is 819 g/mol. The summed E-state index contributed by atoms with van der Waals surface area (Å²) in [7, 11) is -1.52. The number of allylic oxidation sites excluding steroid dienone is 1. The highest BCUT2D eigenvalue weighted by atomic mass is 79.9. The van der Waals surface area contributed by atoms with Crippen LogP contribution >= 0.6 is 15.9 Å². The number of esters is 1. The molecule has 0 radical (unpaired) electrons. The number of carbonyl (C=O) groups is 2. The number of hydrogen-bond donors (Lipinski definition) is 0. The van der Waals surface area contributed by atoms with E-state index < -0.39 is 32.0 Å². The SMILES string of the molecule is CO[C@H](c1coc(-c2coc(-c3coc(CBr)n3)n2)n1)[C@@H](C)C(=O)/C=C/C[C@@H](CC(=O)OC(C)(C)C)O[Si](c1ccccc1)(c1ccccc1)C(C)(C)C. The van der Waals surface area contributed by atoms with Crippen LogP contribution in [0.3, 0.4) is 0 Å². The standard InChI is InChI=1S/C41H48BrN3O8Si/c1-27(37(48-8)31-24-50-39(44-31)33-26-51-38(45-33)32-25-49-35(23-42)43-32)34(46)21-15-16-28(22-36(47)52-40(2,3)4)53-54(41(5,6)7,29-17-11-9-12-18-29)30-19-13-10-14-20-30/h9-15,17-21,24-28,37H,16,22-23H2,1-8H3/b21-15+/t27-,28-,37-/m0/s1. The van der Waals surface area contributed by atoms with E-state index in [1.807, 2.05) is 57.2 Å². The molecule has 0 aliphatic rings. The molecule has 0 amide bonds. The molecule has 286 valence electrons. The number of benzene rings is 2. The van der Waals surface area contributed by atoms with Crippen LogP contribution in [0.2, 0.25) is 5.04 Å². The van der Waals surface area contributed by atoms with Crippen LogP contribution in [0.4, 0.5) is 0 Å². The minimum absolute atomic E-state index is 0.0103. The molecule has 11 nitrogen and oxygen atoms in total. The van der Waals surface area contributed by atoms with E-state index in [1.165, 1.54) is 32.0 Å². The molecule has 0 spiro atoms. The smallest absolute Gasteiger partial charge is 0.308 e. The molecule has 0 saturated carbocycles. The van der Waals surface area contributed by atoms with Crippen LogP contribution in [-0.2, 0) is 28.8 Å². The van der Waals surface area contributed by atoms with E-state index in [0.29, 0.717) is 34.7 Å². The number of carbonyl (C=O) groups excluding carboxylic acids is 2. The highest BCUT2D eigenvalue weighted by molar-refractivity contribution is 9.08. The normalized spacial score (nSPS) is 14.2. The quantitative estimate of drug-likeness (QED) is 0.0411. The Morgan fingerprint density at radius 3 is 1.96 bits per heavy atom. The lowest BCUT2D eigenvalue weighted by molar-refractivity contribution is -0.156. The number of aromatic nitrogens is 3. The molecule has 0 N–H and O–H groups in total. The number of nitrogens with zero attached hydrogens (tertiary/aromatic N) is 3. The van der Waals surface area contributed by atoms with Gasteiger partial charge in [0, 0.05) is 7.11 Å². The van der Waals surface area contributed by atoms with E-state index in [0.717, 1.165) is 10.4 Å². The summed E-state index contributed by atoms with van der Waals surface area (Å²) in [6.45, 7) is 13.8. The largest absolute Gasteiger partial charge is 0.460 e. The van der Waals surface area contributed by atoms with Crippen molar-refractivity contribution in [1.29, 1.82) is 0 Å². The Morgan fingerprint density at radius 1 is 0.833 bits per heavy atom. The van der Waals surface area contributed by atoms with Gasteiger partial charge in [-0.05, 0) is 48.7 Å². The zero-order chi connectivity index (χ0) is 39.1. The maximum Gasteiger partial charge on any atom is 0.308 e. The maximum absolute atomic E-state index is 13.7. The number of rotatable bonds is 16. The molecule has 3 aromatic heterocycles. The summed E-state index contributed by atoms with van der Waals surface area (Å²) in [5, 5.41) is 2.31. The fraction of sp³-hybridized carbons (Fsp3) is 0.390. The van der Waals surface area contributed by atoms with Crippen molar-refractivity contribution in [3.63, 3.8) is 0 Å². The highest BCUT2D eigenvalue weighted by Crippen LogP contribution is 2.38. The molecule has 54 heavy (non-hydrogen) atoms. The molecule has 5 rings (SSSR count).